The van der Waals surface area contributed by atoms with Crippen LogP contribution in [0.4, 0.5) is 13.2 Å². The number of hydrogen-bond donors (Lipinski definition) is 1. The van der Waals surface area contributed by atoms with Crippen molar-refractivity contribution in [3.63, 3.8) is 0 Å². The molecule has 0 aliphatic carbocycles. The number of hydrogen-bond acceptors (Lipinski definition) is 3. The van der Waals surface area contributed by atoms with Gasteiger partial charge in [-0.2, -0.15) is 13.2 Å². The molecule has 1 aromatic rings. The van der Waals surface area contributed by atoms with Gasteiger partial charge in [-0.1, -0.05) is 18.2 Å². The highest BCUT2D eigenvalue weighted by Crippen LogP contribution is 2.38. The topological polar surface area (TPSA) is 24.5 Å². The largest absolute Gasteiger partial charge is 0.491 e. The zero-order valence-corrected chi connectivity index (χ0v) is 13.0. The Bertz CT molecular complexity index is 471. The summed E-state index contributed by atoms with van der Waals surface area (Å²) in [4.78, 5) is 1.90. The SMILES string of the molecule is CC(C)Oc1ccccc1[C@H](CC(F)(F)F)N1CCNCC1. The van der Waals surface area contributed by atoms with Gasteiger partial charge in [-0.15, -0.1) is 0 Å². The smallest absolute Gasteiger partial charge is 0.390 e. The second-order valence-electron chi connectivity index (χ2n) is 5.83. The molecule has 0 saturated carbocycles. The minimum absolute atomic E-state index is 0.0734. The lowest BCUT2D eigenvalue weighted by Crippen LogP contribution is -2.46. The van der Waals surface area contributed by atoms with E-state index in [1.807, 2.05) is 18.7 Å². The van der Waals surface area contributed by atoms with Crippen molar-refractivity contribution in [1.82, 2.24) is 10.2 Å². The number of piperazine rings is 1. The maximum atomic E-state index is 13.1. The molecule has 0 bridgehead atoms. The van der Waals surface area contributed by atoms with Crippen LogP contribution in [0.25, 0.3) is 0 Å². The number of alkyl halides is 3. The maximum Gasteiger partial charge on any atom is 0.390 e. The van der Waals surface area contributed by atoms with Gasteiger partial charge in [0.1, 0.15) is 5.75 Å². The molecular formula is C16H23F3N2O. The van der Waals surface area contributed by atoms with Crippen molar-refractivity contribution in [2.75, 3.05) is 26.2 Å². The fraction of sp³-hybridized carbons (Fsp3) is 0.625. The summed E-state index contributed by atoms with van der Waals surface area (Å²) in [6, 6.07) is 6.37. The minimum Gasteiger partial charge on any atom is -0.491 e. The third-order valence-corrected chi connectivity index (χ3v) is 3.66. The molecule has 6 heteroatoms. The zero-order chi connectivity index (χ0) is 16.2. The molecule has 22 heavy (non-hydrogen) atoms. The quantitative estimate of drug-likeness (QED) is 0.901. The normalized spacial score (nSPS) is 18.5. The van der Waals surface area contributed by atoms with Crippen molar-refractivity contribution in [3.8, 4) is 5.75 Å². The van der Waals surface area contributed by atoms with Crippen LogP contribution in [-0.4, -0.2) is 43.4 Å². The van der Waals surface area contributed by atoms with Crippen LogP contribution in [-0.2, 0) is 0 Å². The zero-order valence-electron chi connectivity index (χ0n) is 13.0. The highest BCUT2D eigenvalue weighted by molar-refractivity contribution is 5.36. The Morgan fingerprint density at radius 1 is 1.18 bits per heavy atom. The molecule has 2 rings (SSSR count). The van der Waals surface area contributed by atoms with Crippen LogP contribution in [0.5, 0.6) is 5.75 Å². The van der Waals surface area contributed by atoms with Crippen LogP contribution in [0.3, 0.4) is 0 Å². The number of rotatable bonds is 5. The predicted octanol–water partition coefficient (Wildman–Crippen LogP) is 3.37. The molecule has 0 spiro atoms. The van der Waals surface area contributed by atoms with Gasteiger partial charge in [0.15, 0.2) is 0 Å². The molecule has 1 aliphatic heterocycles. The summed E-state index contributed by atoms with van der Waals surface area (Å²) in [5.41, 5.74) is 0.621. The third-order valence-electron chi connectivity index (χ3n) is 3.66. The molecule has 0 aromatic heterocycles. The Balaban J connectivity index is 2.31. The Morgan fingerprint density at radius 2 is 1.82 bits per heavy atom. The van der Waals surface area contributed by atoms with Gasteiger partial charge in [-0.3, -0.25) is 4.90 Å². The molecule has 0 unspecified atom stereocenters. The number of nitrogens with one attached hydrogen (secondary N) is 1. The van der Waals surface area contributed by atoms with Gasteiger partial charge < -0.3 is 10.1 Å². The number of ether oxygens (including phenoxy) is 1. The lowest BCUT2D eigenvalue weighted by Gasteiger charge is -2.36. The van der Waals surface area contributed by atoms with Gasteiger partial charge in [0.2, 0.25) is 0 Å². The van der Waals surface area contributed by atoms with Gasteiger partial charge in [-0.25, -0.2) is 0 Å². The predicted molar refractivity (Wildman–Crippen MR) is 80.1 cm³/mol. The molecule has 1 fully saturated rings. The Kier molecular flexibility index (Phi) is 5.69. The number of nitrogens with zero attached hydrogens (tertiary/aromatic N) is 1. The minimum atomic E-state index is -4.21. The molecule has 1 heterocycles. The van der Waals surface area contributed by atoms with E-state index in [1.165, 1.54) is 0 Å². The number of para-hydroxylation sites is 1. The van der Waals surface area contributed by atoms with Crippen LogP contribution in [0.2, 0.25) is 0 Å². The fourth-order valence-corrected chi connectivity index (χ4v) is 2.77. The van der Waals surface area contributed by atoms with Crippen molar-refractivity contribution in [1.29, 1.82) is 0 Å². The summed E-state index contributed by atoms with van der Waals surface area (Å²) in [6.45, 7) is 6.39. The molecule has 1 atom stereocenters. The average Bonchev–Trinajstić information content (AvgIpc) is 2.45. The van der Waals surface area contributed by atoms with E-state index in [0.29, 0.717) is 37.5 Å². The first-order chi connectivity index (χ1) is 10.4. The highest BCUT2D eigenvalue weighted by atomic mass is 19.4. The Hall–Kier alpha value is -1.27. The van der Waals surface area contributed by atoms with Crippen LogP contribution in [0.1, 0.15) is 31.9 Å². The van der Waals surface area contributed by atoms with Crippen LogP contribution in [0.15, 0.2) is 24.3 Å². The molecular weight excluding hydrogens is 293 g/mol. The lowest BCUT2D eigenvalue weighted by molar-refractivity contribution is -0.148. The van der Waals surface area contributed by atoms with Crippen LogP contribution < -0.4 is 10.1 Å². The van der Waals surface area contributed by atoms with Gasteiger partial charge in [-0.05, 0) is 19.9 Å². The summed E-state index contributed by atoms with van der Waals surface area (Å²) >= 11 is 0. The van der Waals surface area contributed by atoms with E-state index < -0.39 is 18.6 Å². The van der Waals surface area contributed by atoms with E-state index >= 15 is 0 Å². The second-order valence-corrected chi connectivity index (χ2v) is 5.83. The summed E-state index contributed by atoms with van der Waals surface area (Å²) in [5.74, 6) is 0.547. The molecule has 1 aliphatic rings. The Labute approximate surface area is 129 Å². The monoisotopic (exact) mass is 316 g/mol. The first kappa shape index (κ1) is 17.1. The Morgan fingerprint density at radius 3 is 2.41 bits per heavy atom. The molecule has 0 radical (unpaired) electrons. The molecule has 3 nitrogen and oxygen atoms in total. The van der Waals surface area contributed by atoms with Crippen molar-refractivity contribution >= 4 is 0 Å². The molecule has 1 saturated heterocycles. The maximum absolute atomic E-state index is 13.1. The average molecular weight is 316 g/mol. The van der Waals surface area contributed by atoms with Gasteiger partial charge >= 0.3 is 6.18 Å². The standard InChI is InChI=1S/C16H23F3N2O/c1-12(2)22-15-6-4-3-5-13(15)14(11-16(17,18)19)21-9-7-20-8-10-21/h3-6,12,14,20H,7-11H2,1-2H3/t14-/m0/s1. The second kappa shape index (κ2) is 7.33. The van der Waals surface area contributed by atoms with Crippen LogP contribution >= 0.6 is 0 Å². The first-order valence-corrected chi connectivity index (χ1v) is 7.64. The van der Waals surface area contributed by atoms with Crippen molar-refractivity contribution in [2.45, 2.75) is 38.6 Å². The highest BCUT2D eigenvalue weighted by Gasteiger charge is 2.37. The van der Waals surface area contributed by atoms with Gasteiger partial charge in [0.25, 0.3) is 0 Å². The summed E-state index contributed by atoms with van der Waals surface area (Å²) in [7, 11) is 0. The van der Waals surface area contributed by atoms with E-state index in [2.05, 4.69) is 5.32 Å². The van der Waals surface area contributed by atoms with Crippen LogP contribution in [0, 0.1) is 0 Å². The van der Waals surface area contributed by atoms with Gasteiger partial charge in [0.05, 0.1) is 12.5 Å². The van der Waals surface area contributed by atoms with Gasteiger partial charge in [0, 0.05) is 37.8 Å². The van der Waals surface area contributed by atoms with E-state index in [1.54, 1.807) is 24.3 Å². The summed E-state index contributed by atoms with van der Waals surface area (Å²) in [5, 5.41) is 3.18. The third kappa shape index (κ3) is 4.88. The number of halogens is 3. The lowest BCUT2D eigenvalue weighted by atomic mass is 9.99. The molecule has 1 N–H and O–H groups in total. The van der Waals surface area contributed by atoms with E-state index in [0.717, 1.165) is 0 Å². The van der Waals surface area contributed by atoms with E-state index in [-0.39, 0.29) is 6.10 Å². The van der Waals surface area contributed by atoms with Crippen molar-refractivity contribution < 1.29 is 17.9 Å². The van der Waals surface area contributed by atoms with Crippen molar-refractivity contribution in [3.05, 3.63) is 29.8 Å². The summed E-state index contributed by atoms with van der Waals surface area (Å²) in [6.07, 6.45) is -5.14. The first-order valence-electron chi connectivity index (χ1n) is 7.64. The van der Waals surface area contributed by atoms with E-state index in [4.69, 9.17) is 4.74 Å². The fourth-order valence-electron chi connectivity index (χ4n) is 2.77. The number of benzene rings is 1. The molecule has 1 aromatic carbocycles. The van der Waals surface area contributed by atoms with Crippen molar-refractivity contribution in [2.24, 2.45) is 0 Å². The molecule has 124 valence electrons. The molecule has 0 amide bonds. The summed E-state index contributed by atoms with van der Waals surface area (Å²) < 4.78 is 44.9. The van der Waals surface area contributed by atoms with E-state index in [9.17, 15) is 13.2 Å².